The van der Waals surface area contributed by atoms with Gasteiger partial charge in [-0.2, -0.15) is 0 Å². The highest BCUT2D eigenvalue weighted by Crippen LogP contribution is 2.44. The average Bonchev–Trinajstić information content (AvgIpc) is 3.20. The summed E-state index contributed by atoms with van der Waals surface area (Å²) in [7, 11) is 0. The van der Waals surface area contributed by atoms with Gasteiger partial charge >= 0.3 is 12.1 Å². The molecule has 0 aliphatic heterocycles. The number of hydrogen-bond acceptors (Lipinski definition) is 5. The second kappa shape index (κ2) is 10.8. The third kappa shape index (κ3) is 5.33. The van der Waals surface area contributed by atoms with E-state index in [-0.39, 0.29) is 18.9 Å². The number of carbonyl (C=O) groups is 3. The summed E-state index contributed by atoms with van der Waals surface area (Å²) in [5.74, 6) is -2.14. The molecule has 0 spiro atoms. The Balaban J connectivity index is 1.48. The number of nitrogens with one attached hydrogen (secondary N) is 2. The quantitative estimate of drug-likeness (QED) is 0.377. The van der Waals surface area contributed by atoms with Crippen LogP contribution in [0.2, 0.25) is 0 Å². The fourth-order valence-corrected chi connectivity index (χ4v) is 4.35. The average molecular weight is 475 g/mol. The number of carboxylic acid groups (broad SMARTS) is 1. The molecule has 4 N–H and O–H groups in total. The Morgan fingerprint density at radius 3 is 1.97 bits per heavy atom. The Hall–Kier alpha value is -4.17. The van der Waals surface area contributed by atoms with Gasteiger partial charge in [0.05, 0.1) is 0 Å². The molecule has 0 saturated carbocycles. The first kappa shape index (κ1) is 24.0. The third-order valence-electron chi connectivity index (χ3n) is 6.03. The Bertz CT molecular complexity index is 1170. The van der Waals surface area contributed by atoms with Crippen LogP contribution in [0.3, 0.4) is 0 Å². The van der Waals surface area contributed by atoms with Crippen LogP contribution in [0.15, 0.2) is 78.9 Å². The van der Waals surface area contributed by atoms with Crippen LogP contribution in [0.25, 0.3) is 11.1 Å². The number of hydrogen-bond donors (Lipinski definition) is 4. The van der Waals surface area contributed by atoms with Crippen molar-refractivity contribution in [1.82, 2.24) is 10.6 Å². The lowest BCUT2D eigenvalue weighted by molar-refractivity contribution is -0.142. The Kier molecular flexibility index (Phi) is 7.42. The van der Waals surface area contributed by atoms with Gasteiger partial charge in [0.2, 0.25) is 5.91 Å². The molecule has 1 aliphatic carbocycles. The van der Waals surface area contributed by atoms with E-state index in [4.69, 9.17) is 9.84 Å². The first-order chi connectivity index (χ1) is 17.0. The number of ether oxygens (including phenoxy) is 1. The van der Waals surface area contributed by atoms with Gasteiger partial charge in [-0.05, 0) is 27.8 Å². The fraction of sp³-hybridized carbons (Fsp3) is 0.222. The normalized spacial score (nSPS) is 13.7. The molecule has 4 rings (SSSR count). The number of rotatable bonds is 9. The van der Waals surface area contributed by atoms with Crippen LogP contribution in [-0.4, -0.2) is 47.4 Å². The van der Waals surface area contributed by atoms with E-state index in [1.54, 1.807) is 30.3 Å². The van der Waals surface area contributed by atoms with Crippen molar-refractivity contribution in [3.63, 3.8) is 0 Å². The van der Waals surface area contributed by atoms with E-state index in [2.05, 4.69) is 10.6 Å². The van der Waals surface area contributed by atoms with Crippen LogP contribution in [0.1, 0.15) is 35.1 Å². The van der Waals surface area contributed by atoms with Gasteiger partial charge in [-0.25, -0.2) is 9.59 Å². The third-order valence-corrected chi connectivity index (χ3v) is 6.03. The van der Waals surface area contributed by atoms with Crippen molar-refractivity contribution < 1.29 is 29.3 Å². The SMILES string of the molecule is O=C(NC(C(=O)N[C@@H](CCO)C(=O)O)c1ccccc1)OCC1c2ccccc2-c2ccccc21. The zero-order valence-corrected chi connectivity index (χ0v) is 18.9. The summed E-state index contributed by atoms with van der Waals surface area (Å²) >= 11 is 0. The highest BCUT2D eigenvalue weighted by Gasteiger charge is 2.31. The highest BCUT2D eigenvalue weighted by molar-refractivity contribution is 5.90. The number of benzene rings is 3. The molecule has 1 unspecified atom stereocenters. The number of aliphatic hydroxyl groups is 1. The summed E-state index contributed by atoms with van der Waals surface area (Å²) < 4.78 is 5.56. The smallest absolute Gasteiger partial charge is 0.408 e. The Morgan fingerprint density at radius 2 is 1.40 bits per heavy atom. The van der Waals surface area contributed by atoms with Crippen molar-refractivity contribution in [2.45, 2.75) is 24.4 Å². The molecule has 2 atom stereocenters. The number of aliphatic hydroxyl groups excluding tert-OH is 1. The van der Waals surface area contributed by atoms with Gasteiger partial charge in [0.25, 0.3) is 0 Å². The van der Waals surface area contributed by atoms with E-state index >= 15 is 0 Å². The van der Waals surface area contributed by atoms with Crippen molar-refractivity contribution in [1.29, 1.82) is 0 Å². The second-order valence-corrected chi connectivity index (χ2v) is 8.23. The minimum Gasteiger partial charge on any atom is -0.480 e. The van der Waals surface area contributed by atoms with Crippen molar-refractivity contribution in [2.24, 2.45) is 0 Å². The monoisotopic (exact) mass is 474 g/mol. The van der Waals surface area contributed by atoms with Crippen LogP contribution in [0, 0.1) is 0 Å². The fourth-order valence-electron chi connectivity index (χ4n) is 4.35. The number of carboxylic acids is 1. The summed E-state index contributed by atoms with van der Waals surface area (Å²) in [4.78, 5) is 37.1. The van der Waals surface area contributed by atoms with Gasteiger partial charge in [-0.1, -0.05) is 78.9 Å². The van der Waals surface area contributed by atoms with E-state index in [1.165, 1.54) is 0 Å². The largest absolute Gasteiger partial charge is 0.480 e. The highest BCUT2D eigenvalue weighted by atomic mass is 16.5. The summed E-state index contributed by atoms with van der Waals surface area (Å²) in [6.45, 7) is -0.335. The molecule has 8 heteroatoms. The molecular weight excluding hydrogens is 448 g/mol. The first-order valence-electron chi connectivity index (χ1n) is 11.3. The molecule has 35 heavy (non-hydrogen) atoms. The Labute approximate surface area is 202 Å². The lowest BCUT2D eigenvalue weighted by Gasteiger charge is -2.22. The van der Waals surface area contributed by atoms with Crippen LogP contribution >= 0.6 is 0 Å². The molecule has 3 aromatic rings. The van der Waals surface area contributed by atoms with Gasteiger partial charge in [0.1, 0.15) is 18.7 Å². The topological polar surface area (TPSA) is 125 Å². The molecule has 2 amide bonds. The number of aliphatic carboxylic acids is 1. The second-order valence-electron chi connectivity index (χ2n) is 8.23. The van der Waals surface area contributed by atoms with E-state index in [0.717, 1.165) is 22.3 Å². The molecule has 3 aromatic carbocycles. The molecular formula is C27H26N2O6. The van der Waals surface area contributed by atoms with Crippen molar-refractivity contribution in [3.05, 3.63) is 95.6 Å². The van der Waals surface area contributed by atoms with Gasteiger partial charge in [-0.15, -0.1) is 0 Å². The van der Waals surface area contributed by atoms with E-state index in [0.29, 0.717) is 5.56 Å². The number of fused-ring (bicyclic) bond motifs is 3. The van der Waals surface area contributed by atoms with E-state index in [9.17, 15) is 19.5 Å². The van der Waals surface area contributed by atoms with Crippen LogP contribution in [-0.2, 0) is 14.3 Å². The van der Waals surface area contributed by atoms with Crippen LogP contribution < -0.4 is 10.6 Å². The van der Waals surface area contributed by atoms with Gasteiger partial charge < -0.3 is 25.6 Å². The predicted molar refractivity (Wildman–Crippen MR) is 129 cm³/mol. The molecule has 180 valence electrons. The van der Waals surface area contributed by atoms with Gasteiger partial charge in [0, 0.05) is 18.9 Å². The molecule has 0 bridgehead atoms. The maximum atomic E-state index is 12.9. The minimum absolute atomic E-state index is 0.0747. The summed E-state index contributed by atoms with van der Waals surface area (Å²) in [5, 5.41) is 23.4. The lowest BCUT2D eigenvalue weighted by atomic mass is 9.98. The molecule has 1 aliphatic rings. The van der Waals surface area contributed by atoms with Crippen molar-refractivity contribution in [2.75, 3.05) is 13.2 Å². The molecule has 8 nitrogen and oxygen atoms in total. The zero-order chi connectivity index (χ0) is 24.8. The minimum atomic E-state index is -1.29. The molecule has 0 saturated heterocycles. The van der Waals surface area contributed by atoms with Gasteiger partial charge in [-0.3, -0.25) is 4.79 Å². The number of carbonyl (C=O) groups excluding carboxylic acids is 2. The number of alkyl carbamates (subject to hydrolysis) is 1. The number of amides is 2. The van der Waals surface area contributed by atoms with Crippen molar-refractivity contribution >= 4 is 18.0 Å². The standard InChI is InChI=1S/C27H26N2O6/c30-15-14-23(26(32)33)28-25(31)24(17-8-2-1-3-9-17)29-27(34)35-16-22-20-12-6-4-10-18(20)19-11-5-7-13-21(19)22/h1-13,22-24,30H,14-16H2,(H,28,31)(H,29,34)(H,32,33)/t23-,24?/m0/s1. The summed E-state index contributed by atoms with van der Waals surface area (Å²) in [6, 6.07) is 21.9. The van der Waals surface area contributed by atoms with E-state index < -0.39 is 36.7 Å². The van der Waals surface area contributed by atoms with Crippen molar-refractivity contribution in [3.8, 4) is 11.1 Å². The van der Waals surface area contributed by atoms with Gasteiger partial charge in [0.15, 0.2) is 0 Å². The maximum Gasteiger partial charge on any atom is 0.408 e. The lowest BCUT2D eigenvalue weighted by Crippen LogP contribution is -2.47. The predicted octanol–water partition coefficient (Wildman–Crippen LogP) is 3.22. The molecule has 0 radical (unpaired) electrons. The first-order valence-corrected chi connectivity index (χ1v) is 11.3. The van der Waals surface area contributed by atoms with Crippen LogP contribution in [0.4, 0.5) is 4.79 Å². The maximum absolute atomic E-state index is 12.9. The molecule has 0 aromatic heterocycles. The molecule has 0 heterocycles. The van der Waals surface area contributed by atoms with Crippen LogP contribution in [0.5, 0.6) is 0 Å². The summed E-state index contributed by atoms with van der Waals surface area (Å²) in [6.07, 6.45) is -0.960. The molecule has 0 fully saturated rings. The Morgan fingerprint density at radius 1 is 0.829 bits per heavy atom. The summed E-state index contributed by atoms with van der Waals surface area (Å²) in [5.41, 5.74) is 4.79. The van der Waals surface area contributed by atoms with E-state index in [1.807, 2.05) is 48.5 Å². The zero-order valence-electron chi connectivity index (χ0n) is 18.9.